The zero-order chi connectivity index (χ0) is 16.8. The predicted molar refractivity (Wildman–Crippen MR) is 91.5 cm³/mol. The van der Waals surface area contributed by atoms with Gasteiger partial charge in [0.25, 0.3) is 5.91 Å². The second-order valence-electron chi connectivity index (χ2n) is 5.96. The summed E-state index contributed by atoms with van der Waals surface area (Å²) >= 11 is 0. The normalized spacial score (nSPS) is 15.1. The minimum Gasteiger partial charge on any atom is -0.341 e. The van der Waals surface area contributed by atoms with Gasteiger partial charge in [0.2, 0.25) is 5.91 Å². The Kier molecular flexibility index (Phi) is 5.21. The van der Waals surface area contributed by atoms with Crippen LogP contribution in [0.3, 0.4) is 0 Å². The van der Waals surface area contributed by atoms with E-state index in [9.17, 15) is 9.59 Å². The van der Waals surface area contributed by atoms with Crippen LogP contribution in [0.25, 0.3) is 0 Å². The number of nitrogens with zero attached hydrogens (tertiary/aromatic N) is 2. The number of carbonyl (C=O) groups is 2. The van der Waals surface area contributed by atoms with Crippen LogP contribution in [0.2, 0.25) is 0 Å². The summed E-state index contributed by atoms with van der Waals surface area (Å²) in [6.07, 6.45) is 4.11. The summed E-state index contributed by atoms with van der Waals surface area (Å²) in [4.78, 5) is 31.1. The van der Waals surface area contributed by atoms with Crippen LogP contribution >= 0.6 is 0 Å². The second-order valence-corrected chi connectivity index (χ2v) is 5.96. The van der Waals surface area contributed by atoms with Crippen molar-refractivity contribution in [2.24, 2.45) is 0 Å². The Bertz CT molecular complexity index is 682. The molecule has 124 valence electrons. The maximum Gasteiger partial charge on any atom is 0.270 e. The van der Waals surface area contributed by atoms with Crippen LogP contribution in [0.15, 0.2) is 54.7 Å². The maximum atomic E-state index is 12.8. The number of benzene rings is 1. The van der Waals surface area contributed by atoms with E-state index in [0.29, 0.717) is 12.1 Å². The minimum absolute atomic E-state index is 0.0133. The molecule has 2 heterocycles. The summed E-state index contributed by atoms with van der Waals surface area (Å²) in [6, 6.07) is 14.3. The molecule has 1 N–H and O–H groups in total. The van der Waals surface area contributed by atoms with E-state index in [1.54, 1.807) is 24.4 Å². The molecular weight excluding hydrogens is 302 g/mol. The van der Waals surface area contributed by atoms with E-state index in [-0.39, 0.29) is 11.8 Å². The molecule has 1 unspecified atom stereocenters. The predicted octanol–water partition coefficient (Wildman–Crippen LogP) is 2.05. The lowest BCUT2D eigenvalue weighted by Crippen LogP contribution is -2.49. The third-order valence-electron chi connectivity index (χ3n) is 4.20. The number of amides is 2. The number of nitrogens with one attached hydrogen (secondary N) is 1. The molecule has 1 aliphatic heterocycles. The Morgan fingerprint density at radius 2 is 1.75 bits per heavy atom. The molecule has 1 fully saturated rings. The van der Waals surface area contributed by atoms with E-state index in [0.717, 1.165) is 31.5 Å². The van der Waals surface area contributed by atoms with Crippen molar-refractivity contribution >= 4 is 11.8 Å². The summed E-state index contributed by atoms with van der Waals surface area (Å²) < 4.78 is 0. The maximum absolute atomic E-state index is 12.8. The van der Waals surface area contributed by atoms with Gasteiger partial charge in [-0.25, -0.2) is 0 Å². The highest BCUT2D eigenvalue weighted by atomic mass is 16.2. The van der Waals surface area contributed by atoms with Crippen molar-refractivity contribution in [3.8, 4) is 0 Å². The lowest BCUT2D eigenvalue weighted by molar-refractivity contribution is -0.132. The molecule has 1 saturated heterocycles. The highest BCUT2D eigenvalue weighted by molar-refractivity contribution is 5.96. The minimum atomic E-state index is -0.569. The quantitative estimate of drug-likeness (QED) is 0.916. The number of likely N-dealkylation sites (tertiary alicyclic amines) is 1. The van der Waals surface area contributed by atoms with Crippen LogP contribution < -0.4 is 5.32 Å². The fourth-order valence-corrected chi connectivity index (χ4v) is 2.94. The van der Waals surface area contributed by atoms with Crippen molar-refractivity contribution in [2.45, 2.75) is 25.3 Å². The van der Waals surface area contributed by atoms with Crippen LogP contribution in [-0.4, -0.2) is 40.8 Å². The molecule has 1 aromatic heterocycles. The van der Waals surface area contributed by atoms with Gasteiger partial charge in [0, 0.05) is 25.7 Å². The Labute approximate surface area is 141 Å². The third-order valence-corrected chi connectivity index (χ3v) is 4.20. The van der Waals surface area contributed by atoms with E-state index >= 15 is 0 Å². The molecule has 0 saturated carbocycles. The van der Waals surface area contributed by atoms with Gasteiger partial charge in [0.05, 0.1) is 0 Å². The van der Waals surface area contributed by atoms with Crippen LogP contribution in [0, 0.1) is 0 Å². The third kappa shape index (κ3) is 3.98. The molecule has 2 amide bonds. The molecule has 0 spiro atoms. The number of pyridine rings is 1. The summed E-state index contributed by atoms with van der Waals surface area (Å²) in [5.74, 6) is -0.329. The summed E-state index contributed by atoms with van der Waals surface area (Å²) in [5, 5.41) is 2.87. The van der Waals surface area contributed by atoms with Gasteiger partial charge >= 0.3 is 0 Å². The summed E-state index contributed by atoms with van der Waals surface area (Å²) in [7, 11) is 0. The average Bonchev–Trinajstić information content (AvgIpc) is 3.17. The number of hydrogen-bond donors (Lipinski definition) is 1. The smallest absolute Gasteiger partial charge is 0.270 e. The molecule has 2 aromatic rings. The largest absolute Gasteiger partial charge is 0.341 e. The standard InChI is InChI=1S/C19H21N3O2/c23-18(16-10-4-5-11-20-16)21-17(14-15-8-2-1-3-9-15)19(24)22-12-6-7-13-22/h1-5,8-11,17H,6-7,12-14H2,(H,21,23). The molecular formula is C19H21N3O2. The van der Waals surface area contributed by atoms with Gasteiger partial charge in [-0.2, -0.15) is 0 Å². The van der Waals surface area contributed by atoms with Gasteiger partial charge in [-0.1, -0.05) is 36.4 Å². The molecule has 1 atom stereocenters. The van der Waals surface area contributed by atoms with Crippen molar-refractivity contribution in [3.63, 3.8) is 0 Å². The first-order valence-electron chi connectivity index (χ1n) is 8.28. The highest BCUT2D eigenvalue weighted by Gasteiger charge is 2.28. The van der Waals surface area contributed by atoms with Crippen molar-refractivity contribution in [1.29, 1.82) is 0 Å². The van der Waals surface area contributed by atoms with Gasteiger partial charge in [-0.15, -0.1) is 0 Å². The fraction of sp³-hybridized carbons (Fsp3) is 0.316. The zero-order valence-corrected chi connectivity index (χ0v) is 13.5. The van der Waals surface area contributed by atoms with Gasteiger partial charge in [-0.05, 0) is 30.5 Å². The van der Waals surface area contributed by atoms with Crippen LogP contribution in [-0.2, 0) is 11.2 Å². The lowest BCUT2D eigenvalue weighted by Gasteiger charge is -2.24. The van der Waals surface area contributed by atoms with Gasteiger partial charge in [-0.3, -0.25) is 14.6 Å². The first-order valence-corrected chi connectivity index (χ1v) is 8.28. The number of hydrogen-bond acceptors (Lipinski definition) is 3. The summed E-state index contributed by atoms with van der Waals surface area (Å²) in [5.41, 5.74) is 1.35. The van der Waals surface area contributed by atoms with Crippen molar-refractivity contribution < 1.29 is 9.59 Å². The molecule has 0 aliphatic carbocycles. The highest BCUT2D eigenvalue weighted by Crippen LogP contribution is 2.12. The Morgan fingerprint density at radius 1 is 1.04 bits per heavy atom. The van der Waals surface area contributed by atoms with E-state index in [2.05, 4.69) is 10.3 Å². The van der Waals surface area contributed by atoms with Crippen molar-refractivity contribution in [1.82, 2.24) is 15.2 Å². The van der Waals surface area contributed by atoms with Gasteiger partial charge in [0.15, 0.2) is 0 Å². The van der Waals surface area contributed by atoms with E-state index in [1.807, 2.05) is 35.2 Å². The van der Waals surface area contributed by atoms with Crippen LogP contribution in [0.4, 0.5) is 0 Å². The summed E-state index contributed by atoms with van der Waals surface area (Å²) in [6.45, 7) is 1.53. The molecule has 3 rings (SSSR count). The topological polar surface area (TPSA) is 62.3 Å². The Morgan fingerprint density at radius 3 is 2.42 bits per heavy atom. The fourth-order valence-electron chi connectivity index (χ4n) is 2.94. The van der Waals surface area contributed by atoms with Gasteiger partial charge < -0.3 is 10.2 Å². The number of rotatable bonds is 5. The van der Waals surface area contributed by atoms with E-state index in [1.165, 1.54) is 0 Å². The van der Waals surface area contributed by atoms with Crippen LogP contribution in [0.1, 0.15) is 28.9 Å². The SMILES string of the molecule is O=C(NC(Cc1ccccc1)C(=O)N1CCCC1)c1ccccn1. The molecule has 5 heteroatoms. The monoisotopic (exact) mass is 323 g/mol. The van der Waals surface area contributed by atoms with Crippen molar-refractivity contribution in [3.05, 3.63) is 66.0 Å². The van der Waals surface area contributed by atoms with E-state index in [4.69, 9.17) is 0 Å². The molecule has 24 heavy (non-hydrogen) atoms. The van der Waals surface area contributed by atoms with Gasteiger partial charge in [0.1, 0.15) is 11.7 Å². The number of aromatic nitrogens is 1. The molecule has 1 aliphatic rings. The first-order chi connectivity index (χ1) is 11.7. The number of carbonyl (C=O) groups excluding carboxylic acids is 2. The second kappa shape index (κ2) is 7.73. The molecule has 0 bridgehead atoms. The molecule has 5 nitrogen and oxygen atoms in total. The molecule has 1 aromatic carbocycles. The zero-order valence-electron chi connectivity index (χ0n) is 13.5. The van der Waals surface area contributed by atoms with Crippen LogP contribution in [0.5, 0.6) is 0 Å². The average molecular weight is 323 g/mol. The van der Waals surface area contributed by atoms with Crippen molar-refractivity contribution in [2.75, 3.05) is 13.1 Å². The lowest BCUT2D eigenvalue weighted by atomic mass is 10.0. The Hall–Kier alpha value is -2.69. The molecule has 0 radical (unpaired) electrons. The van der Waals surface area contributed by atoms with E-state index < -0.39 is 6.04 Å². The Balaban J connectivity index is 1.76. The first kappa shape index (κ1) is 16.2.